The minimum atomic E-state index is -3.50. The molecule has 1 unspecified atom stereocenters. The number of amides is 1. The molecule has 1 aromatic carbocycles. The molecule has 1 heterocycles. The number of benzene rings is 1. The van der Waals surface area contributed by atoms with E-state index in [4.69, 9.17) is 0 Å². The third kappa shape index (κ3) is 3.82. The van der Waals surface area contributed by atoms with E-state index in [0.29, 0.717) is 37.0 Å². The van der Waals surface area contributed by atoms with Gasteiger partial charge >= 0.3 is 0 Å². The molecule has 1 atom stereocenters. The van der Waals surface area contributed by atoms with Crippen LogP contribution in [0.4, 0.5) is 0 Å². The van der Waals surface area contributed by atoms with Gasteiger partial charge in [-0.1, -0.05) is 32.6 Å². The number of carbonyl (C=O) groups is 1. The Morgan fingerprint density at radius 2 is 1.78 bits per heavy atom. The standard InChI is InChI=1S/C17H24N2O3S/c1-4-14(3)15-6-8-16(9-7-15)23(21,22)19-12-10-18(11-13-19)17(20)5-2/h5-9,14H,2,4,10-13H2,1,3H3. The van der Waals surface area contributed by atoms with Gasteiger partial charge in [0.1, 0.15) is 0 Å². The smallest absolute Gasteiger partial charge is 0.246 e. The quantitative estimate of drug-likeness (QED) is 0.775. The van der Waals surface area contributed by atoms with Gasteiger partial charge in [-0.3, -0.25) is 4.79 Å². The fourth-order valence-electron chi connectivity index (χ4n) is 2.63. The van der Waals surface area contributed by atoms with Crippen LogP contribution < -0.4 is 0 Å². The second-order valence-electron chi connectivity index (χ2n) is 5.81. The van der Waals surface area contributed by atoms with E-state index in [1.54, 1.807) is 17.0 Å². The van der Waals surface area contributed by atoms with Crippen LogP contribution in [0.25, 0.3) is 0 Å². The van der Waals surface area contributed by atoms with Crippen LogP contribution in [0.5, 0.6) is 0 Å². The molecular weight excluding hydrogens is 312 g/mol. The van der Waals surface area contributed by atoms with E-state index in [2.05, 4.69) is 20.4 Å². The summed E-state index contributed by atoms with van der Waals surface area (Å²) in [5.41, 5.74) is 1.15. The molecule has 0 saturated carbocycles. The van der Waals surface area contributed by atoms with Crippen molar-refractivity contribution in [1.82, 2.24) is 9.21 Å². The topological polar surface area (TPSA) is 57.7 Å². The van der Waals surface area contributed by atoms with E-state index >= 15 is 0 Å². The Bertz CT molecular complexity index is 660. The molecule has 0 aliphatic carbocycles. The first-order valence-corrected chi connectivity index (χ1v) is 9.35. The Hall–Kier alpha value is -1.66. The first-order valence-electron chi connectivity index (χ1n) is 7.91. The van der Waals surface area contributed by atoms with Crippen molar-refractivity contribution in [2.24, 2.45) is 0 Å². The predicted octanol–water partition coefficient (Wildman–Crippen LogP) is 2.22. The average Bonchev–Trinajstić information content (AvgIpc) is 2.60. The summed E-state index contributed by atoms with van der Waals surface area (Å²) >= 11 is 0. The van der Waals surface area contributed by atoms with Crippen molar-refractivity contribution < 1.29 is 13.2 Å². The molecule has 23 heavy (non-hydrogen) atoms. The number of piperazine rings is 1. The molecule has 0 bridgehead atoms. The molecule has 1 aliphatic heterocycles. The molecule has 0 aromatic heterocycles. The van der Waals surface area contributed by atoms with Gasteiger partial charge in [-0.05, 0) is 36.1 Å². The summed E-state index contributed by atoms with van der Waals surface area (Å²) in [6, 6.07) is 7.13. The fraction of sp³-hybridized carbons (Fsp3) is 0.471. The van der Waals surface area contributed by atoms with E-state index in [1.165, 1.54) is 10.4 Å². The Morgan fingerprint density at radius 1 is 1.22 bits per heavy atom. The lowest BCUT2D eigenvalue weighted by Gasteiger charge is -2.33. The van der Waals surface area contributed by atoms with Crippen molar-refractivity contribution in [3.63, 3.8) is 0 Å². The van der Waals surface area contributed by atoms with Crippen LogP contribution in [-0.2, 0) is 14.8 Å². The highest BCUT2D eigenvalue weighted by Crippen LogP contribution is 2.23. The molecule has 6 heteroatoms. The summed E-state index contributed by atoms with van der Waals surface area (Å²) in [7, 11) is -3.50. The van der Waals surface area contributed by atoms with Crippen molar-refractivity contribution in [3.8, 4) is 0 Å². The maximum atomic E-state index is 12.7. The number of hydrogen-bond acceptors (Lipinski definition) is 3. The summed E-state index contributed by atoms with van der Waals surface area (Å²) in [4.78, 5) is 13.5. The van der Waals surface area contributed by atoms with E-state index < -0.39 is 10.0 Å². The van der Waals surface area contributed by atoms with Gasteiger partial charge in [-0.2, -0.15) is 4.31 Å². The SMILES string of the molecule is C=CC(=O)N1CCN(S(=O)(=O)c2ccc(C(C)CC)cc2)CC1. The summed E-state index contributed by atoms with van der Waals surface area (Å²) in [5.74, 6) is 0.264. The lowest BCUT2D eigenvalue weighted by atomic mass is 9.99. The lowest BCUT2D eigenvalue weighted by molar-refractivity contribution is -0.127. The van der Waals surface area contributed by atoms with Crippen molar-refractivity contribution >= 4 is 15.9 Å². The van der Waals surface area contributed by atoms with Crippen LogP contribution >= 0.6 is 0 Å². The number of nitrogens with zero attached hydrogens (tertiary/aromatic N) is 2. The highest BCUT2D eigenvalue weighted by Gasteiger charge is 2.29. The van der Waals surface area contributed by atoms with E-state index in [-0.39, 0.29) is 5.91 Å². The van der Waals surface area contributed by atoms with Gasteiger partial charge in [-0.25, -0.2) is 8.42 Å². The molecule has 1 aliphatic rings. The Morgan fingerprint density at radius 3 is 2.26 bits per heavy atom. The predicted molar refractivity (Wildman–Crippen MR) is 90.7 cm³/mol. The average molecular weight is 336 g/mol. The zero-order valence-corrected chi connectivity index (χ0v) is 14.6. The molecule has 0 radical (unpaired) electrons. The molecule has 1 aromatic rings. The lowest BCUT2D eigenvalue weighted by Crippen LogP contribution is -2.50. The van der Waals surface area contributed by atoms with Crippen molar-refractivity contribution in [2.45, 2.75) is 31.1 Å². The molecule has 0 N–H and O–H groups in total. The number of rotatable bonds is 5. The molecular formula is C17H24N2O3S. The Balaban J connectivity index is 2.10. The van der Waals surface area contributed by atoms with E-state index in [1.807, 2.05) is 12.1 Å². The van der Waals surface area contributed by atoms with E-state index in [9.17, 15) is 13.2 Å². The second-order valence-corrected chi connectivity index (χ2v) is 7.75. The highest BCUT2D eigenvalue weighted by molar-refractivity contribution is 7.89. The first-order chi connectivity index (χ1) is 10.9. The molecule has 1 amide bonds. The molecule has 1 saturated heterocycles. The third-order valence-corrected chi connectivity index (χ3v) is 6.34. The van der Waals surface area contributed by atoms with Crippen molar-refractivity contribution in [2.75, 3.05) is 26.2 Å². The van der Waals surface area contributed by atoms with Crippen LogP contribution in [-0.4, -0.2) is 49.7 Å². The van der Waals surface area contributed by atoms with Gasteiger partial charge in [0, 0.05) is 26.2 Å². The fourth-order valence-corrected chi connectivity index (χ4v) is 4.05. The third-order valence-electron chi connectivity index (χ3n) is 4.42. The minimum Gasteiger partial charge on any atom is -0.337 e. The first kappa shape index (κ1) is 17.7. The van der Waals surface area contributed by atoms with Crippen molar-refractivity contribution in [3.05, 3.63) is 42.5 Å². The van der Waals surface area contributed by atoms with Gasteiger partial charge in [0.05, 0.1) is 4.90 Å². The summed E-state index contributed by atoms with van der Waals surface area (Å²) in [6.07, 6.45) is 2.28. The largest absolute Gasteiger partial charge is 0.337 e. The molecule has 1 fully saturated rings. The van der Waals surface area contributed by atoms with Gasteiger partial charge < -0.3 is 4.90 Å². The summed E-state index contributed by atoms with van der Waals surface area (Å²) in [5, 5.41) is 0. The maximum Gasteiger partial charge on any atom is 0.246 e. The van der Waals surface area contributed by atoms with E-state index in [0.717, 1.165) is 12.0 Å². The van der Waals surface area contributed by atoms with Crippen LogP contribution in [0, 0.1) is 0 Å². The zero-order chi connectivity index (χ0) is 17.0. The molecule has 2 rings (SSSR count). The summed E-state index contributed by atoms with van der Waals surface area (Å²) in [6.45, 7) is 9.12. The van der Waals surface area contributed by atoms with Gasteiger partial charge in [0.25, 0.3) is 0 Å². The summed E-state index contributed by atoms with van der Waals surface area (Å²) < 4.78 is 26.8. The monoisotopic (exact) mass is 336 g/mol. The highest BCUT2D eigenvalue weighted by atomic mass is 32.2. The molecule has 5 nitrogen and oxygen atoms in total. The number of carbonyl (C=O) groups excluding carboxylic acids is 1. The van der Waals surface area contributed by atoms with Crippen molar-refractivity contribution in [1.29, 1.82) is 0 Å². The minimum absolute atomic E-state index is 0.153. The number of hydrogen-bond donors (Lipinski definition) is 0. The molecule has 126 valence electrons. The van der Waals surface area contributed by atoms with Crippen LogP contribution in [0.2, 0.25) is 0 Å². The van der Waals surface area contributed by atoms with Gasteiger partial charge in [0.2, 0.25) is 15.9 Å². The van der Waals surface area contributed by atoms with Gasteiger partial charge in [-0.15, -0.1) is 0 Å². The normalized spacial score (nSPS) is 17.7. The number of sulfonamides is 1. The van der Waals surface area contributed by atoms with Crippen LogP contribution in [0.15, 0.2) is 41.8 Å². The van der Waals surface area contributed by atoms with Crippen LogP contribution in [0.3, 0.4) is 0 Å². The zero-order valence-electron chi connectivity index (χ0n) is 13.7. The van der Waals surface area contributed by atoms with Gasteiger partial charge in [0.15, 0.2) is 0 Å². The second kappa shape index (κ2) is 7.27. The van der Waals surface area contributed by atoms with Crippen LogP contribution in [0.1, 0.15) is 31.7 Å². The Kier molecular flexibility index (Phi) is 5.59. The molecule has 0 spiro atoms. The maximum absolute atomic E-state index is 12.7. The Labute approximate surface area is 138 Å².